The highest BCUT2D eigenvalue weighted by Crippen LogP contribution is 2.41. The van der Waals surface area contributed by atoms with Crippen molar-refractivity contribution in [2.24, 2.45) is 0 Å². The third kappa shape index (κ3) is 9.12. The van der Waals surface area contributed by atoms with Crippen molar-refractivity contribution in [2.45, 2.75) is 49.9 Å². The largest absolute Gasteiger partial charge is 0.497 e. The van der Waals surface area contributed by atoms with Crippen LogP contribution in [0.2, 0.25) is 5.02 Å². The number of amides is 2. The zero-order valence-corrected chi connectivity index (χ0v) is 34.3. The zero-order chi connectivity index (χ0) is 43.0. The van der Waals surface area contributed by atoms with Gasteiger partial charge in [-0.3, -0.25) is 14.6 Å². The average molecular weight is 838 g/mol. The van der Waals surface area contributed by atoms with Gasteiger partial charge in [0.05, 0.1) is 26.3 Å². The molecule has 11 nitrogen and oxygen atoms in total. The Morgan fingerprint density at radius 1 is 0.607 bits per heavy atom. The molecule has 6 aromatic rings. The maximum atomic E-state index is 13.5. The fraction of sp³-hybridized carbons (Fsp3) is 0.204. The molecule has 0 spiro atoms. The summed E-state index contributed by atoms with van der Waals surface area (Å²) < 4.78 is 10.7. The smallest absolute Gasteiger partial charge is 0.326 e. The molecule has 0 bridgehead atoms. The Hall–Kier alpha value is -6.98. The van der Waals surface area contributed by atoms with Crippen molar-refractivity contribution in [1.29, 1.82) is 0 Å². The molecule has 12 heteroatoms. The molecule has 0 aliphatic carbocycles. The lowest BCUT2D eigenvalue weighted by Gasteiger charge is -2.29. The predicted molar refractivity (Wildman–Crippen MR) is 232 cm³/mol. The number of pyridine rings is 1. The van der Waals surface area contributed by atoms with E-state index in [1.165, 1.54) is 9.80 Å². The van der Waals surface area contributed by atoms with Gasteiger partial charge in [0, 0.05) is 40.2 Å². The first-order valence-electron chi connectivity index (χ1n) is 19.8. The van der Waals surface area contributed by atoms with Crippen molar-refractivity contribution in [3.05, 3.63) is 173 Å². The lowest BCUT2D eigenvalue weighted by Crippen LogP contribution is -2.41. The normalized spacial score (nSPS) is 18.1. The van der Waals surface area contributed by atoms with Crippen LogP contribution in [0.1, 0.15) is 69.6 Å². The van der Waals surface area contributed by atoms with Gasteiger partial charge in [0.2, 0.25) is 0 Å². The van der Waals surface area contributed by atoms with Crippen LogP contribution in [-0.4, -0.2) is 75.1 Å². The van der Waals surface area contributed by atoms with Crippen LogP contribution in [0.3, 0.4) is 0 Å². The van der Waals surface area contributed by atoms with Crippen molar-refractivity contribution in [3.63, 3.8) is 0 Å². The van der Waals surface area contributed by atoms with E-state index in [1.54, 1.807) is 69.1 Å². The number of hydrogen-bond acceptors (Lipinski definition) is 7. The van der Waals surface area contributed by atoms with Gasteiger partial charge in [0.15, 0.2) is 0 Å². The van der Waals surface area contributed by atoms with Gasteiger partial charge in [-0.25, -0.2) is 9.59 Å². The SMILES string of the molecule is COc1ccc(-c2ccc(C(=O)N3[C@@H](c4ccccc4Cl)CC[C@H]3C(=O)O)cc2)c(OC)c1.O=C(O)[C@@H]1CC[C@H](c2cccnc2)N1C(=O)c1ccc(-c2ccccc2)cc1. The molecule has 0 radical (unpaired) electrons. The van der Waals surface area contributed by atoms with Crippen LogP contribution >= 0.6 is 11.6 Å². The highest BCUT2D eigenvalue weighted by Gasteiger charge is 2.43. The summed E-state index contributed by atoms with van der Waals surface area (Å²) in [5, 5.41) is 19.9. The van der Waals surface area contributed by atoms with Gasteiger partial charge in [-0.1, -0.05) is 90.5 Å². The Morgan fingerprint density at radius 2 is 1.16 bits per heavy atom. The molecule has 310 valence electrons. The molecule has 61 heavy (non-hydrogen) atoms. The van der Waals surface area contributed by atoms with E-state index in [2.05, 4.69) is 4.98 Å². The summed E-state index contributed by atoms with van der Waals surface area (Å²) >= 11 is 6.38. The second-order valence-corrected chi connectivity index (χ2v) is 15.1. The quantitative estimate of drug-likeness (QED) is 0.138. The van der Waals surface area contributed by atoms with E-state index in [1.807, 2.05) is 91.0 Å². The number of benzene rings is 5. The molecule has 3 heterocycles. The van der Waals surface area contributed by atoms with E-state index in [-0.39, 0.29) is 17.9 Å². The lowest BCUT2D eigenvalue weighted by molar-refractivity contribution is -0.142. The number of aliphatic carboxylic acids is 2. The van der Waals surface area contributed by atoms with E-state index in [9.17, 15) is 29.4 Å². The summed E-state index contributed by atoms with van der Waals surface area (Å²) in [6, 6.07) is 38.4. The Bertz CT molecular complexity index is 2500. The van der Waals surface area contributed by atoms with E-state index in [4.69, 9.17) is 21.1 Å². The maximum absolute atomic E-state index is 13.5. The summed E-state index contributed by atoms with van der Waals surface area (Å²) in [6.07, 6.45) is 5.32. The standard InChI is InChI=1S/C26H24ClNO5.C23H20N2O3/c1-32-18-11-12-19(24(15-18)33-2)16-7-9-17(10-8-16)25(29)28-22(13-14-23(28)26(30)31)20-5-3-4-6-21(20)27;26-22(18-10-8-17(9-11-18)16-5-2-1-3-6-16)25-20(12-13-21(25)23(27)28)19-7-4-14-24-15-19/h3-12,15,22-23H,13-14H2,1-2H3,(H,30,31);1-11,14-15,20-21H,12-13H2,(H,27,28)/t22-,23+;20-,21+/m11/s1. The number of carbonyl (C=O) groups excluding carboxylic acids is 2. The number of halogens is 1. The molecule has 1 aromatic heterocycles. The third-order valence-corrected chi connectivity index (χ3v) is 11.6. The van der Waals surface area contributed by atoms with Crippen LogP contribution in [-0.2, 0) is 9.59 Å². The second kappa shape index (κ2) is 18.9. The number of rotatable bonds is 10. The zero-order valence-electron chi connectivity index (χ0n) is 33.6. The van der Waals surface area contributed by atoms with Crippen LogP contribution in [0.5, 0.6) is 11.5 Å². The number of hydrogen-bond donors (Lipinski definition) is 2. The molecular formula is C49H44ClN3O8. The number of methoxy groups -OCH3 is 2. The van der Waals surface area contributed by atoms with Crippen LogP contribution in [0.15, 0.2) is 146 Å². The van der Waals surface area contributed by atoms with Gasteiger partial charge in [-0.2, -0.15) is 0 Å². The minimum Gasteiger partial charge on any atom is -0.497 e. The minimum absolute atomic E-state index is 0.265. The highest BCUT2D eigenvalue weighted by molar-refractivity contribution is 6.31. The molecule has 2 aliphatic rings. The molecule has 4 atom stereocenters. The van der Waals surface area contributed by atoms with Crippen molar-refractivity contribution < 1.29 is 38.9 Å². The molecule has 2 aliphatic heterocycles. The molecule has 2 N–H and O–H groups in total. The van der Waals surface area contributed by atoms with E-state index < -0.39 is 30.1 Å². The monoisotopic (exact) mass is 837 g/mol. The first kappa shape index (κ1) is 42.2. The predicted octanol–water partition coefficient (Wildman–Crippen LogP) is 9.63. The molecule has 8 rings (SSSR count). The first-order valence-corrected chi connectivity index (χ1v) is 20.2. The van der Waals surface area contributed by atoms with Crippen molar-refractivity contribution in [3.8, 4) is 33.8 Å². The molecule has 0 saturated carbocycles. The fourth-order valence-corrected chi connectivity index (χ4v) is 8.45. The number of aromatic nitrogens is 1. The van der Waals surface area contributed by atoms with Gasteiger partial charge in [-0.05, 0) is 102 Å². The molecule has 0 unspecified atom stereocenters. The van der Waals surface area contributed by atoms with E-state index in [0.29, 0.717) is 53.3 Å². The summed E-state index contributed by atoms with van der Waals surface area (Å²) in [5.41, 5.74) is 6.33. The van der Waals surface area contributed by atoms with Crippen LogP contribution in [0.4, 0.5) is 0 Å². The summed E-state index contributed by atoms with van der Waals surface area (Å²) in [4.78, 5) is 57.5. The van der Waals surface area contributed by atoms with Gasteiger partial charge >= 0.3 is 11.9 Å². The van der Waals surface area contributed by atoms with Gasteiger partial charge in [-0.15, -0.1) is 0 Å². The number of likely N-dealkylation sites (tertiary alicyclic amines) is 2. The fourth-order valence-electron chi connectivity index (χ4n) is 8.19. The van der Waals surface area contributed by atoms with E-state index >= 15 is 0 Å². The average Bonchev–Trinajstić information content (AvgIpc) is 3.96. The number of nitrogens with zero attached hydrogens (tertiary/aromatic N) is 3. The number of carbonyl (C=O) groups is 4. The topological polar surface area (TPSA) is 147 Å². The Balaban J connectivity index is 0.000000186. The lowest BCUT2D eigenvalue weighted by atomic mass is 10.0. The molecular weight excluding hydrogens is 794 g/mol. The van der Waals surface area contributed by atoms with Crippen LogP contribution < -0.4 is 9.47 Å². The van der Waals surface area contributed by atoms with Crippen LogP contribution in [0, 0.1) is 0 Å². The summed E-state index contributed by atoms with van der Waals surface area (Å²) in [7, 11) is 3.18. The molecule has 2 fully saturated rings. The van der Waals surface area contributed by atoms with Gasteiger partial charge < -0.3 is 29.5 Å². The first-order chi connectivity index (χ1) is 29.6. The maximum Gasteiger partial charge on any atom is 0.326 e. The Labute approximate surface area is 358 Å². The van der Waals surface area contributed by atoms with Gasteiger partial charge in [0.25, 0.3) is 11.8 Å². The van der Waals surface area contributed by atoms with Crippen molar-refractivity contribution in [1.82, 2.24) is 14.8 Å². The number of carboxylic acids is 2. The highest BCUT2D eigenvalue weighted by atomic mass is 35.5. The van der Waals surface area contributed by atoms with Crippen molar-refractivity contribution in [2.75, 3.05) is 14.2 Å². The minimum atomic E-state index is -1.02. The Kier molecular flexibility index (Phi) is 13.1. The molecule has 5 aromatic carbocycles. The Morgan fingerprint density at radius 3 is 1.72 bits per heavy atom. The number of ether oxygens (including phenoxy) is 2. The van der Waals surface area contributed by atoms with Crippen LogP contribution in [0.25, 0.3) is 22.3 Å². The van der Waals surface area contributed by atoms with E-state index in [0.717, 1.165) is 33.4 Å². The third-order valence-electron chi connectivity index (χ3n) is 11.2. The summed E-state index contributed by atoms with van der Waals surface area (Å²) in [6.45, 7) is 0. The molecule has 2 amide bonds. The van der Waals surface area contributed by atoms with Crippen molar-refractivity contribution >= 4 is 35.4 Å². The number of carboxylic acid groups (broad SMARTS) is 2. The molecule has 2 saturated heterocycles. The second-order valence-electron chi connectivity index (χ2n) is 14.7. The summed E-state index contributed by atoms with van der Waals surface area (Å²) in [5.74, 6) is -1.26. The van der Waals surface area contributed by atoms with Gasteiger partial charge in [0.1, 0.15) is 23.6 Å².